The molecule has 3 amide bonds. The lowest BCUT2D eigenvalue weighted by Gasteiger charge is -2.45. The van der Waals surface area contributed by atoms with Crippen LogP contribution in [-0.4, -0.2) is 86.1 Å². The molecule has 178 valence electrons. The highest BCUT2D eigenvalue weighted by Crippen LogP contribution is 2.48. The van der Waals surface area contributed by atoms with Gasteiger partial charge in [0.2, 0.25) is 0 Å². The van der Waals surface area contributed by atoms with Gasteiger partial charge in [0.15, 0.2) is 0 Å². The molecule has 33 heavy (non-hydrogen) atoms. The molecule has 5 rings (SSSR count). The topological polar surface area (TPSA) is 56.3 Å². The Balaban J connectivity index is 1.23. The summed E-state index contributed by atoms with van der Waals surface area (Å²) in [4.78, 5) is 33.4. The highest BCUT2D eigenvalue weighted by Gasteiger charge is 2.47. The van der Waals surface area contributed by atoms with Gasteiger partial charge in [-0.05, 0) is 62.5 Å². The van der Waals surface area contributed by atoms with Crippen LogP contribution in [0.1, 0.15) is 37.7 Å². The first-order valence-corrected chi connectivity index (χ1v) is 12.0. The number of likely N-dealkylation sites (tertiary alicyclic amines) is 2. The Labute approximate surface area is 194 Å². The Kier molecular flexibility index (Phi) is 5.80. The first kappa shape index (κ1) is 22.2. The first-order chi connectivity index (χ1) is 15.9. The highest BCUT2D eigenvalue weighted by atomic mass is 19.1. The Bertz CT molecular complexity index is 962. The van der Waals surface area contributed by atoms with Crippen LogP contribution in [0, 0.1) is 5.82 Å². The largest absolute Gasteiger partial charge is 0.500 e. The fourth-order valence-electron chi connectivity index (χ4n) is 5.98. The minimum Gasteiger partial charge on any atom is -0.500 e. The van der Waals surface area contributed by atoms with Crippen LogP contribution in [0.3, 0.4) is 0 Å². The molecule has 7 nitrogen and oxygen atoms in total. The quantitative estimate of drug-likeness (QED) is 0.687. The van der Waals surface area contributed by atoms with Crippen molar-refractivity contribution in [2.24, 2.45) is 0 Å². The fourth-order valence-corrected chi connectivity index (χ4v) is 5.98. The number of anilines is 1. The lowest BCUT2D eigenvalue weighted by Crippen LogP contribution is -2.53. The average molecular weight is 457 g/mol. The van der Waals surface area contributed by atoms with Crippen molar-refractivity contribution in [2.75, 3.05) is 58.3 Å². The molecule has 0 saturated carbocycles. The van der Waals surface area contributed by atoms with Gasteiger partial charge in [0.05, 0.1) is 18.4 Å². The number of ether oxygens (including phenoxy) is 1. The molecule has 0 N–H and O–H groups in total. The van der Waals surface area contributed by atoms with Crippen molar-refractivity contribution in [3.05, 3.63) is 41.4 Å². The van der Waals surface area contributed by atoms with Gasteiger partial charge < -0.3 is 19.4 Å². The van der Waals surface area contributed by atoms with Gasteiger partial charge in [-0.1, -0.05) is 0 Å². The summed E-state index contributed by atoms with van der Waals surface area (Å²) < 4.78 is 19.4. The minimum atomic E-state index is -0.241. The number of benzene rings is 1. The summed E-state index contributed by atoms with van der Waals surface area (Å²) >= 11 is 0. The van der Waals surface area contributed by atoms with Crippen LogP contribution in [0.2, 0.25) is 0 Å². The molecule has 4 aliphatic rings. The van der Waals surface area contributed by atoms with E-state index in [1.54, 1.807) is 37.4 Å². The maximum atomic E-state index is 14.2. The molecule has 8 heteroatoms. The molecule has 0 aromatic heterocycles. The van der Waals surface area contributed by atoms with Gasteiger partial charge in [-0.2, -0.15) is 0 Å². The molecule has 0 unspecified atom stereocenters. The molecule has 4 aliphatic heterocycles. The molecule has 1 aromatic rings. The lowest BCUT2D eigenvalue weighted by molar-refractivity contribution is -0.128. The van der Waals surface area contributed by atoms with Gasteiger partial charge in [0.1, 0.15) is 5.82 Å². The molecular weight excluding hydrogens is 423 g/mol. The van der Waals surface area contributed by atoms with Gasteiger partial charge in [0.25, 0.3) is 5.91 Å². The minimum absolute atomic E-state index is 0.0537. The van der Waals surface area contributed by atoms with Crippen molar-refractivity contribution in [3.63, 3.8) is 0 Å². The Morgan fingerprint density at radius 1 is 1.12 bits per heavy atom. The number of fused-ring (bicyclic) bond motifs is 2. The summed E-state index contributed by atoms with van der Waals surface area (Å²) in [5.41, 5.74) is 2.42. The third kappa shape index (κ3) is 3.98. The predicted molar refractivity (Wildman–Crippen MR) is 124 cm³/mol. The zero-order valence-electron chi connectivity index (χ0n) is 19.6. The second-order valence-corrected chi connectivity index (χ2v) is 10.0. The molecule has 0 atom stereocenters. The first-order valence-electron chi connectivity index (χ1n) is 12.0. The van der Waals surface area contributed by atoms with E-state index >= 15 is 0 Å². The van der Waals surface area contributed by atoms with E-state index in [2.05, 4.69) is 4.90 Å². The third-order valence-electron chi connectivity index (χ3n) is 7.91. The van der Waals surface area contributed by atoms with Crippen LogP contribution in [0.5, 0.6) is 0 Å². The number of hydrogen-bond donors (Lipinski definition) is 0. The van der Waals surface area contributed by atoms with Gasteiger partial charge >= 0.3 is 6.03 Å². The smallest absolute Gasteiger partial charge is 0.323 e. The van der Waals surface area contributed by atoms with Crippen LogP contribution in [0.4, 0.5) is 14.9 Å². The zero-order chi connectivity index (χ0) is 23.2. The number of piperidine rings is 2. The summed E-state index contributed by atoms with van der Waals surface area (Å²) in [6, 6.07) is 5.26. The summed E-state index contributed by atoms with van der Waals surface area (Å²) in [6.07, 6.45) is 6.09. The van der Waals surface area contributed by atoms with Crippen molar-refractivity contribution in [3.8, 4) is 0 Å². The fraction of sp³-hybridized carbons (Fsp3) is 0.600. The molecule has 4 heterocycles. The van der Waals surface area contributed by atoms with Gasteiger partial charge in [0, 0.05) is 57.3 Å². The monoisotopic (exact) mass is 456 g/mol. The maximum absolute atomic E-state index is 14.2. The van der Waals surface area contributed by atoms with Crippen LogP contribution < -0.4 is 4.90 Å². The molecular formula is C25H33FN4O3. The van der Waals surface area contributed by atoms with Crippen molar-refractivity contribution in [1.82, 2.24) is 14.7 Å². The standard InChI is InChI=1S/C25H33FN4O3/c1-27(2)24(32)30-17-25(21-15-19(26)3-4-22(21)30)8-12-28(13-9-25)20-5-10-29(11-6-20)23(31)18-7-14-33-16-18/h3-4,15-16,20H,5-14,17H2,1-2H3. The Morgan fingerprint density at radius 2 is 1.85 bits per heavy atom. The van der Waals surface area contributed by atoms with E-state index in [9.17, 15) is 14.0 Å². The number of urea groups is 1. The molecule has 0 bridgehead atoms. The summed E-state index contributed by atoms with van der Waals surface area (Å²) in [6.45, 7) is 4.64. The molecule has 0 radical (unpaired) electrons. The number of rotatable bonds is 2. The molecule has 2 fully saturated rings. The second kappa shape index (κ2) is 8.63. The van der Waals surface area contributed by atoms with E-state index in [-0.39, 0.29) is 23.2 Å². The van der Waals surface area contributed by atoms with E-state index in [4.69, 9.17) is 4.74 Å². The molecule has 1 spiro atoms. The second-order valence-electron chi connectivity index (χ2n) is 10.0. The van der Waals surface area contributed by atoms with Crippen LogP contribution in [0.25, 0.3) is 0 Å². The summed E-state index contributed by atoms with van der Waals surface area (Å²) in [7, 11) is 3.51. The van der Waals surface area contributed by atoms with E-state index in [1.807, 2.05) is 9.80 Å². The van der Waals surface area contributed by atoms with Gasteiger partial charge in [-0.25, -0.2) is 9.18 Å². The van der Waals surface area contributed by atoms with E-state index in [0.717, 1.165) is 68.7 Å². The van der Waals surface area contributed by atoms with E-state index < -0.39 is 0 Å². The van der Waals surface area contributed by atoms with E-state index in [0.29, 0.717) is 25.6 Å². The van der Waals surface area contributed by atoms with Gasteiger partial charge in [-0.15, -0.1) is 0 Å². The third-order valence-corrected chi connectivity index (χ3v) is 7.91. The number of hydrogen-bond acceptors (Lipinski definition) is 4. The number of amides is 3. The predicted octanol–water partition coefficient (Wildman–Crippen LogP) is 2.96. The van der Waals surface area contributed by atoms with Gasteiger partial charge in [-0.3, -0.25) is 9.69 Å². The lowest BCUT2D eigenvalue weighted by atomic mass is 9.74. The Hall–Kier alpha value is -2.61. The number of carbonyl (C=O) groups excluding carboxylic acids is 2. The molecule has 1 aromatic carbocycles. The van der Waals surface area contributed by atoms with Crippen LogP contribution in [0.15, 0.2) is 30.0 Å². The zero-order valence-corrected chi connectivity index (χ0v) is 19.6. The van der Waals surface area contributed by atoms with Crippen molar-refractivity contribution >= 4 is 17.6 Å². The van der Waals surface area contributed by atoms with Crippen molar-refractivity contribution in [1.29, 1.82) is 0 Å². The van der Waals surface area contributed by atoms with E-state index in [1.165, 1.54) is 6.07 Å². The van der Waals surface area contributed by atoms with Crippen molar-refractivity contribution in [2.45, 2.75) is 43.6 Å². The number of halogens is 1. The maximum Gasteiger partial charge on any atom is 0.323 e. The summed E-state index contributed by atoms with van der Waals surface area (Å²) in [5, 5.41) is 0. The normalized spacial score (nSPS) is 22.8. The van der Waals surface area contributed by atoms with Crippen LogP contribution in [-0.2, 0) is 14.9 Å². The summed E-state index contributed by atoms with van der Waals surface area (Å²) in [5.74, 6) is -0.117. The van der Waals surface area contributed by atoms with Crippen LogP contribution >= 0.6 is 0 Å². The molecule has 2 saturated heterocycles. The number of carbonyl (C=O) groups is 2. The average Bonchev–Trinajstić information content (AvgIpc) is 3.46. The SMILES string of the molecule is CN(C)C(=O)N1CC2(CCN(C3CCN(C(=O)C4=COCC4)CC3)CC2)c2cc(F)ccc21. The van der Waals surface area contributed by atoms with Crippen molar-refractivity contribution < 1.29 is 18.7 Å². The number of nitrogens with zero attached hydrogens (tertiary/aromatic N) is 4. The highest BCUT2D eigenvalue weighted by molar-refractivity contribution is 5.95. The Morgan fingerprint density at radius 3 is 2.48 bits per heavy atom. The molecule has 0 aliphatic carbocycles.